The summed E-state index contributed by atoms with van der Waals surface area (Å²) >= 11 is 0. The fourth-order valence-corrected chi connectivity index (χ4v) is 3.19. The van der Waals surface area contributed by atoms with Gasteiger partial charge in [0.15, 0.2) is 0 Å². The van der Waals surface area contributed by atoms with Crippen LogP contribution < -0.4 is 5.73 Å². The second-order valence-electron chi connectivity index (χ2n) is 7.78. The number of hydrogen-bond donors (Lipinski definition) is 2. The van der Waals surface area contributed by atoms with Gasteiger partial charge in [0, 0.05) is 30.1 Å². The number of ether oxygens (including phenoxy) is 2. The van der Waals surface area contributed by atoms with Crippen LogP contribution in [0.1, 0.15) is 53.9 Å². The summed E-state index contributed by atoms with van der Waals surface area (Å²) in [5.74, 6) is -1.05. The van der Waals surface area contributed by atoms with E-state index in [-0.39, 0.29) is 44.2 Å². The minimum absolute atomic E-state index is 0.0722. The Bertz CT molecular complexity index is 447. The van der Waals surface area contributed by atoms with Gasteiger partial charge >= 0.3 is 11.9 Å². The highest BCUT2D eigenvalue weighted by atomic mass is 16.5. The number of hydrogen-bond acceptors (Lipinski definition) is 6. The van der Waals surface area contributed by atoms with Crippen LogP contribution in [-0.2, 0) is 19.1 Å². The van der Waals surface area contributed by atoms with Crippen molar-refractivity contribution in [1.82, 2.24) is 0 Å². The van der Waals surface area contributed by atoms with E-state index >= 15 is 0 Å². The van der Waals surface area contributed by atoms with Gasteiger partial charge in [-0.3, -0.25) is 4.79 Å². The minimum atomic E-state index is -0.515. The largest absolute Gasteiger partial charge is 0.465 e. The molecule has 0 bridgehead atoms. The molecule has 3 atom stereocenters. The molecule has 0 aliphatic rings. The number of carbonyl (C=O) groups excluding carboxylic acids is 2. The predicted molar refractivity (Wildman–Crippen MR) is 97.8 cm³/mol. The summed E-state index contributed by atoms with van der Waals surface area (Å²) in [6.45, 7) is 13.3. The summed E-state index contributed by atoms with van der Waals surface area (Å²) in [6, 6.07) is -0.271. The maximum Gasteiger partial charge on any atom is 0.330 e. The minimum Gasteiger partial charge on any atom is -0.465 e. The summed E-state index contributed by atoms with van der Waals surface area (Å²) < 4.78 is 10.7. The molecule has 0 saturated carbocycles. The summed E-state index contributed by atoms with van der Waals surface area (Å²) in [6.07, 6.45) is 2.90. The maximum atomic E-state index is 11.9. The third-order valence-corrected chi connectivity index (χ3v) is 4.62. The monoisotopic (exact) mass is 357 g/mol. The van der Waals surface area contributed by atoms with Gasteiger partial charge in [-0.05, 0) is 18.8 Å². The Kier molecular flexibility index (Phi) is 9.97. The van der Waals surface area contributed by atoms with Gasteiger partial charge in [-0.2, -0.15) is 0 Å². The molecule has 0 radical (unpaired) electrons. The summed E-state index contributed by atoms with van der Waals surface area (Å²) in [5.41, 5.74) is 4.67. The zero-order valence-electron chi connectivity index (χ0n) is 16.3. The van der Waals surface area contributed by atoms with Crippen LogP contribution in [0.4, 0.5) is 0 Å². The van der Waals surface area contributed by atoms with Crippen LogP contribution in [0, 0.1) is 16.7 Å². The molecule has 0 heterocycles. The summed E-state index contributed by atoms with van der Waals surface area (Å²) in [5, 5.41) is 9.85. The van der Waals surface area contributed by atoms with Gasteiger partial charge in [-0.25, -0.2) is 4.79 Å². The highest BCUT2D eigenvalue weighted by Crippen LogP contribution is 2.44. The predicted octanol–water partition coefficient (Wildman–Crippen LogP) is 2.44. The zero-order valence-corrected chi connectivity index (χ0v) is 16.3. The van der Waals surface area contributed by atoms with E-state index < -0.39 is 16.8 Å². The van der Waals surface area contributed by atoms with E-state index in [0.29, 0.717) is 0 Å². The number of aliphatic hydroxyl groups is 1. The van der Waals surface area contributed by atoms with E-state index in [1.807, 2.05) is 27.7 Å². The lowest BCUT2D eigenvalue weighted by molar-refractivity contribution is -0.156. The molecule has 25 heavy (non-hydrogen) atoms. The van der Waals surface area contributed by atoms with Gasteiger partial charge in [0.2, 0.25) is 0 Å². The number of aliphatic hydroxyl groups excluding tert-OH is 1. The van der Waals surface area contributed by atoms with Crippen LogP contribution in [0.15, 0.2) is 12.7 Å². The van der Waals surface area contributed by atoms with Gasteiger partial charge in [0.1, 0.15) is 0 Å². The molecule has 3 unspecified atom stereocenters. The molecule has 0 amide bonds. The van der Waals surface area contributed by atoms with Crippen molar-refractivity contribution >= 4 is 11.9 Å². The van der Waals surface area contributed by atoms with Gasteiger partial charge in [-0.1, -0.05) is 40.7 Å². The SMILES string of the molecule is C=CC(=O)OCC(C)(CCC)C(COC(=O)CC(C)N)C(C)(C)CO. The zero-order chi connectivity index (χ0) is 19.7. The van der Waals surface area contributed by atoms with Crippen LogP contribution in [0.3, 0.4) is 0 Å². The Labute approximate surface area is 151 Å². The molecule has 0 fully saturated rings. The lowest BCUT2D eigenvalue weighted by Gasteiger charge is -2.45. The standard InChI is InChI=1S/C19H35NO5/c1-7-9-19(6,13-25-16(22)8-2)15(18(4,5)12-21)11-24-17(23)10-14(3)20/h8,14-15,21H,2,7,9-13,20H2,1,3-6H3. The molecule has 0 aromatic heterocycles. The average molecular weight is 357 g/mol. The quantitative estimate of drug-likeness (QED) is 0.411. The topological polar surface area (TPSA) is 98.9 Å². The van der Waals surface area contributed by atoms with Gasteiger partial charge in [0.25, 0.3) is 0 Å². The first-order chi connectivity index (χ1) is 11.5. The van der Waals surface area contributed by atoms with E-state index in [0.717, 1.165) is 18.9 Å². The molecule has 0 saturated heterocycles. The first-order valence-electron chi connectivity index (χ1n) is 8.83. The molecule has 0 aliphatic carbocycles. The fraction of sp³-hybridized carbons (Fsp3) is 0.789. The van der Waals surface area contributed by atoms with Crippen molar-refractivity contribution in [2.24, 2.45) is 22.5 Å². The first-order valence-corrected chi connectivity index (χ1v) is 8.83. The van der Waals surface area contributed by atoms with E-state index in [1.165, 1.54) is 0 Å². The smallest absolute Gasteiger partial charge is 0.330 e. The van der Waals surface area contributed by atoms with Crippen molar-refractivity contribution in [3.05, 3.63) is 12.7 Å². The van der Waals surface area contributed by atoms with E-state index in [4.69, 9.17) is 15.2 Å². The fourth-order valence-electron chi connectivity index (χ4n) is 3.19. The molecular formula is C19H35NO5. The number of esters is 2. The Balaban J connectivity index is 5.38. The Morgan fingerprint density at radius 1 is 1.28 bits per heavy atom. The normalized spacial score (nSPS) is 16.4. The van der Waals surface area contributed by atoms with Crippen LogP contribution in [-0.4, -0.2) is 42.9 Å². The lowest BCUT2D eigenvalue weighted by atomic mass is 9.63. The molecule has 146 valence electrons. The molecule has 6 heteroatoms. The van der Waals surface area contributed by atoms with E-state index in [9.17, 15) is 14.7 Å². The van der Waals surface area contributed by atoms with Crippen molar-refractivity contribution in [2.75, 3.05) is 19.8 Å². The van der Waals surface area contributed by atoms with E-state index in [1.54, 1.807) is 6.92 Å². The molecule has 6 nitrogen and oxygen atoms in total. The second kappa shape index (κ2) is 10.6. The molecule has 0 aromatic rings. The second-order valence-corrected chi connectivity index (χ2v) is 7.78. The number of nitrogens with two attached hydrogens (primary N) is 1. The van der Waals surface area contributed by atoms with Crippen LogP contribution in [0.25, 0.3) is 0 Å². The third kappa shape index (κ3) is 8.01. The Morgan fingerprint density at radius 3 is 2.32 bits per heavy atom. The lowest BCUT2D eigenvalue weighted by Crippen LogP contribution is -2.46. The van der Waals surface area contributed by atoms with Crippen LogP contribution in [0.2, 0.25) is 0 Å². The van der Waals surface area contributed by atoms with Crippen molar-refractivity contribution in [3.63, 3.8) is 0 Å². The third-order valence-electron chi connectivity index (χ3n) is 4.62. The molecular weight excluding hydrogens is 322 g/mol. The van der Waals surface area contributed by atoms with E-state index in [2.05, 4.69) is 6.58 Å². The Hall–Kier alpha value is -1.40. The molecule has 0 aromatic carbocycles. The molecule has 0 spiro atoms. The highest BCUT2D eigenvalue weighted by molar-refractivity contribution is 5.81. The maximum absolute atomic E-state index is 11.9. The average Bonchev–Trinajstić information content (AvgIpc) is 2.52. The highest BCUT2D eigenvalue weighted by Gasteiger charge is 2.44. The van der Waals surface area contributed by atoms with Crippen molar-refractivity contribution in [3.8, 4) is 0 Å². The number of rotatable bonds is 12. The van der Waals surface area contributed by atoms with Gasteiger partial charge in [-0.15, -0.1) is 0 Å². The van der Waals surface area contributed by atoms with Crippen LogP contribution in [0.5, 0.6) is 0 Å². The van der Waals surface area contributed by atoms with Crippen molar-refractivity contribution in [2.45, 2.75) is 59.9 Å². The van der Waals surface area contributed by atoms with Gasteiger partial charge < -0.3 is 20.3 Å². The summed E-state index contributed by atoms with van der Waals surface area (Å²) in [7, 11) is 0. The van der Waals surface area contributed by atoms with Crippen molar-refractivity contribution in [1.29, 1.82) is 0 Å². The Morgan fingerprint density at radius 2 is 1.88 bits per heavy atom. The molecule has 0 aliphatic heterocycles. The molecule has 0 rings (SSSR count). The van der Waals surface area contributed by atoms with Crippen molar-refractivity contribution < 1.29 is 24.2 Å². The summed E-state index contributed by atoms with van der Waals surface area (Å²) in [4.78, 5) is 23.4. The van der Waals surface area contributed by atoms with Crippen LogP contribution >= 0.6 is 0 Å². The first kappa shape index (κ1) is 23.6. The number of carbonyl (C=O) groups is 2. The molecule has 3 N–H and O–H groups in total. The van der Waals surface area contributed by atoms with Gasteiger partial charge in [0.05, 0.1) is 19.6 Å².